The first-order chi connectivity index (χ1) is 10.7. The highest BCUT2D eigenvalue weighted by molar-refractivity contribution is 5.98. The van der Waals surface area contributed by atoms with Crippen LogP contribution in [0.5, 0.6) is 0 Å². The molecule has 1 aromatic heterocycles. The lowest BCUT2D eigenvalue weighted by Crippen LogP contribution is -2.33. The normalized spacial score (nSPS) is 13.7. The molecule has 0 unspecified atom stereocenters. The second-order valence-corrected chi connectivity index (χ2v) is 5.81. The topological polar surface area (TPSA) is 42.0 Å². The van der Waals surface area contributed by atoms with Crippen molar-refractivity contribution < 1.29 is 4.79 Å². The lowest BCUT2D eigenvalue weighted by atomic mass is 9.92. The number of pyridine rings is 1. The molecule has 0 fully saturated rings. The SMILES string of the molecule is CCc1cccc(CC)c1-c1cc(C)c2c(n1)CCNC2=O. The molecule has 1 N–H and O–H groups in total. The second-order valence-electron chi connectivity index (χ2n) is 5.81. The van der Waals surface area contributed by atoms with Gasteiger partial charge >= 0.3 is 0 Å². The molecule has 22 heavy (non-hydrogen) atoms. The zero-order valence-corrected chi connectivity index (χ0v) is 13.5. The van der Waals surface area contributed by atoms with Crippen LogP contribution < -0.4 is 5.32 Å². The summed E-state index contributed by atoms with van der Waals surface area (Å²) in [6, 6.07) is 8.55. The first kappa shape index (κ1) is 14.8. The van der Waals surface area contributed by atoms with Crippen molar-refractivity contribution in [3.63, 3.8) is 0 Å². The van der Waals surface area contributed by atoms with Gasteiger partial charge in [0, 0.05) is 18.5 Å². The predicted molar refractivity (Wildman–Crippen MR) is 89.2 cm³/mol. The summed E-state index contributed by atoms with van der Waals surface area (Å²) >= 11 is 0. The summed E-state index contributed by atoms with van der Waals surface area (Å²) in [6.45, 7) is 7.04. The maximum atomic E-state index is 12.0. The van der Waals surface area contributed by atoms with Crippen LogP contribution >= 0.6 is 0 Å². The molecule has 2 aromatic rings. The quantitative estimate of drug-likeness (QED) is 0.942. The molecule has 0 spiro atoms. The molecule has 3 nitrogen and oxygen atoms in total. The summed E-state index contributed by atoms with van der Waals surface area (Å²) in [6.07, 6.45) is 2.79. The van der Waals surface area contributed by atoms with Crippen LogP contribution in [-0.2, 0) is 19.3 Å². The zero-order valence-electron chi connectivity index (χ0n) is 13.5. The number of aryl methyl sites for hydroxylation is 3. The predicted octanol–water partition coefficient (Wildman–Crippen LogP) is 3.47. The van der Waals surface area contributed by atoms with E-state index in [1.807, 2.05) is 6.92 Å². The Morgan fingerprint density at radius 3 is 2.45 bits per heavy atom. The molecule has 3 heteroatoms. The second kappa shape index (κ2) is 5.91. The molecule has 1 aliphatic rings. The molecule has 0 bridgehead atoms. The Labute approximate surface area is 131 Å². The summed E-state index contributed by atoms with van der Waals surface area (Å²) < 4.78 is 0. The molecule has 0 saturated heterocycles. The molecule has 0 radical (unpaired) electrons. The van der Waals surface area contributed by atoms with Gasteiger partial charge in [-0.25, -0.2) is 0 Å². The number of carbonyl (C=O) groups is 1. The van der Waals surface area contributed by atoms with Gasteiger partial charge in [0.15, 0.2) is 0 Å². The minimum Gasteiger partial charge on any atom is -0.352 e. The highest BCUT2D eigenvalue weighted by atomic mass is 16.1. The Bertz CT molecular complexity index is 712. The highest BCUT2D eigenvalue weighted by Crippen LogP contribution is 2.30. The van der Waals surface area contributed by atoms with Crippen molar-refractivity contribution in [1.29, 1.82) is 0 Å². The van der Waals surface area contributed by atoms with Crippen molar-refractivity contribution in [2.24, 2.45) is 0 Å². The Morgan fingerprint density at radius 1 is 1.14 bits per heavy atom. The van der Waals surface area contributed by atoms with Gasteiger partial charge < -0.3 is 5.32 Å². The average Bonchev–Trinajstić information content (AvgIpc) is 2.53. The molecule has 114 valence electrons. The Hall–Kier alpha value is -2.16. The number of amides is 1. The van der Waals surface area contributed by atoms with E-state index in [1.54, 1.807) is 0 Å². The van der Waals surface area contributed by atoms with E-state index < -0.39 is 0 Å². The maximum Gasteiger partial charge on any atom is 0.253 e. The van der Waals surface area contributed by atoms with Crippen molar-refractivity contribution in [3.8, 4) is 11.3 Å². The fourth-order valence-electron chi connectivity index (χ4n) is 3.31. The highest BCUT2D eigenvalue weighted by Gasteiger charge is 2.22. The van der Waals surface area contributed by atoms with E-state index in [0.717, 1.165) is 41.8 Å². The Kier molecular flexibility index (Phi) is 3.97. The number of rotatable bonds is 3. The fourth-order valence-corrected chi connectivity index (χ4v) is 3.31. The summed E-state index contributed by atoms with van der Waals surface area (Å²) in [5.74, 6) is 0.0114. The number of hydrogen-bond acceptors (Lipinski definition) is 2. The lowest BCUT2D eigenvalue weighted by molar-refractivity contribution is 0.0944. The van der Waals surface area contributed by atoms with Crippen molar-refractivity contribution >= 4 is 5.91 Å². The third-order valence-electron chi connectivity index (χ3n) is 4.42. The van der Waals surface area contributed by atoms with E-state index in [-0.39, 0.29) is 5.91 Å². The van der Waals surface area contributed by atoms with Crippen LogP contribution in [0.2, 0.25) is 0 Å². The van der Waals surface area contributed by atoms with E-state index in [0.29, 0.717) is 6.54 Å². The van der Waals surface area contributed by atoms with Gasteiger partial charge in [-0.15, -0.1) is 0 Å². The van der Waals surface area contributed by atoms with E-state index in [9.17, 15) is 4.79 Å². The minimum absolute atomic E-state index is 0.0114. The van der Waals surface area contributed by atoms with Gasteiger partial charge in [-0.2, -0.15) is 0 Å². The van der Waals surface area contributed by atoms with Crippen LogP contribution in [0.4, 0.5) is 0 Å². The molecule has 0 saturated carbocycles. The zero-order chi connectivity index (χ0) is 15.7. The van der Waals surface area contributed by atoms with Gasteiger partial charge in [0.25, 0.3) is 5.91 Å². The van der Waals surface area contributed by atoms with Gasteiger partial charge in [-0.05, 0) is 42.5 Å². The monoisotopic (exact) mass is 294 g/mol. The molecule has 1 aromatic carbocycles. The molecule has 1 aliphatic heterocycles. The van der Waals surface area contributed by atoms with Crippen LogP contribution in [0.25, 0.3) is 11.3 Å². The fraction of sp³-hybridized carbons (Fsp3) is 0.368. The Balaban J connectivity index is 2.22. The first-order valence-corrected chi connectivity index (χ1v) is 8.05. The van der Waals surface area contributed by atoms with Gasteiger partial charge in [-0.3, -0.25) is 9.78 Å². The minimum atomic E-state index is 0.0114. The average molecular weight is 294 g/mol. The molecule has 3 rings (SSSR count). The molecule has 0 atom stereocenters. The van der Waals surface area contributed by atoms with Gasteiger partial charge in [0.05, 0.1) is 17.0 Å². The summed E-state index contributed by atoms with van der Waals surface area (Å²) in [5.41, 5.74) is 7.64. The van der Waals surface area contributed by atoms with E-state index in [4.69, 9.17) is 4.98 Å². The van der Waals surface area contributed by atoms with Crippen molar-refractivity contribution in [2.45, 2.75) is 40.0 Å². The number of aromatic nitrogens is 1. The third kappa shape index (κ3) is 2.41. The first-order valence-electron chi connectivity index (χ1n) is 8.05. The van der Waals surface area contributed by atoms with Crippen molar-refractivity contribution in [3.05, 3.63) is 52.2 Å². The summed E-state index contributed by atoms with van der Waals surface area (Å²) in [7, 11) is 0. The Morgan fingerprint density at radius 2 is 1.82 bits per heavy atom. The van der Waals surface area contributed by atoms with Gasteiger partial charge in [-0.1, -0.05) is 32.0 Å². The standard InChI is InChI=1S/C19H22N2O/c1-4-13-7-6-8-14(5-2)18(13)16-11-12(3)17-15(21-16)9-10-20-19(17)22/h6-8,11H,4-5,9-10H2,1-3H3,(H,20,22). The van der Waals surface area contributed by atoms with Crippen molar-refractivity contribution in [1.82, 2.24) is 10.3 Å². The molecule has 2 heterocycles. The number of benzene rings is 1. The number of nitrogens with zero attached hydrogens (tertiary/aromatic N) is 1. The van der Waals surface area contributed by atoms with Gasteiger partial charge in [0.2, 0.25) is 0 Å². The molecule has 1 amide bonds. The maximum absolute atomic E-state index is 12.0. The van der Waals surface area contributed by atoms with Crippen molar-refractivity contribution in [2.75, 3.05) is 6.54 Å². The summed E-state index contributed by atoms with van der Waals surface area (Å²) in [4.78, 5) is 16.9. The van der Waals surface area contributed by atoms with Crippen LogP contribution in [0.1, 0.15) is 46.6 Å². The number of hydrogen-bond donors (Lipinski definition) is 1. The van der Waals surface area contributed by atoms with E-state index in [1.165, 1.54) is 16.7 Å². The lowest BCUT2D eigenvalue weighted by Gasteiger charge is -2.20. The van der Waals surface area contributed by atoms with Crippen LogP contribution in [0.3, 0.4) is 0 Å². The van der Waals surface area contributed by atoms with Gasteiger partial charge in [0.1, 0.15) is 0 Å². The van der Waals surface area contributed by atoms with Crippen LogP contribution in [-0.4, -0.2) is 17.4 Å². The third-order valence-corrected chi connectivity index (χ3v) is 4.42. The van der Waals surface area contributed by atoms with E-state index in [2.05, 4.69) is 43.4 Å². The smallest absolute Gasteiger partial charge is 0.253 e. The number of fused-ring (bicyclic) bond motifs is 1. The largest absolute Gasteiger partial charge is 0.352 e. The number of nitrogens with one attached hydrogen (secondary N) is 1. The number of carbonyl (C=O) groups excluding carboxylic acids is 1. The van der Waals surface area contributed by atoms with Crippen LogP contribution in [0.15, 0.2) is 24.3 Å². The molecular formula is C19H22N2O. The molecular weight excluding hydrogens is 272 g/mol. The summed E-state index contributed by atoms with van der Waals surface area (Å²) in [5, 5.41) is 2.90. The van der Waals surface area contributed by atoms with E-state index >= 15 is 0 Å². The molecule has 0 aliphatic carbocycles. The van der Waals surface area contributed by atoms with Crippen LogP contribution in [0, 0.1) is 6.92 Å².